The minimum Gasteiger partial charge on any atom is -0.370 e. The second kappa shape index (κ2) is 5.61. The summed E-state index contributed by atoms with van der Waals surface area (Å²) in [5.74, 6) is 0.736. The Morgan fingerprint density at radius 3 is 3.06 bits per heavy atom. The van der Waals surface area contributed by atoms with Crippen molar-refractivity contribution in [2.75, 3.05) is 11.9 Å². The van der Waals surface area contributed by atoms with Crippen molar-refractivity contribution < 1.29 is 4.79 Å². The fourth-order valence-corrected chi connectivity index (χ4v) is 2.14. The highest BCUT2D eigenvalue weighted by Crippen LogP contribution is 2.24. The monoisotopic (exact) mass is 234 g/mol. The van der Waals surface area contributed by atoms with Crippen LogP contribution in [0.3, 0.4) is 0 Å². The summed E-state index contributed by atoms with van der Waals surface area (Å²) in [7, 11) is 0. The van der Waals surface area contributed by atoms with Crippen LogP contribution < -0.4 is 11.1 Å². The molecule has 0 spiro atoms. The van der Waals surface area contributed by atoms with Crippen molar-refractivity contribution >= 4 is 11.7 Å². The molecule has 92 valence electrons. The Balaban J connectivity index is 1.80. The molecule has 1 amide bonds. The molecule has 1 aromatic heterocycles. The van der Waals surface area contributed by atoms with Gasteiger partial charge in [-0.15, -0.1) is 0 Å². The summed E-state index contributed by atoms with van der Waals surface area (Å²) in [4.78, 5) is 19.1. The summed E-state index contributed by atoms with van der Waals surface area (Å²) in [6.45, 7) is 0.830. The van der Waals surface area contributed by atoms with Gasteiger partial charge in [0.05, 0.1) is 0 Å². The number of carbonyl (C=O) groups is 1. The van der Waals surface area contributed by atoms with Crippen LogP contribution in [0, 0.1) is 0 Å². The lowest BCUT2D eigenvalue weighted by Crippen LogP contribution is -2.11. The zero-order chi connectivity index (χ0) is 12.1. The van der Waals surface area contributed by atoms with E-state index in [1.165, 1.54) is 17.7 Å². The van der Waals surface area contributed by atoms with E-state index in [0.717, 1.165) is 38.0 Å². The predicted molar refractivity (Wildman–Crippen MR) is 65.6 cm³/mol. The van der Waals surface area contributed by atoms with E-state index in [1.54, 1.807) is 6.33 Å². The Kier molecular flexibility index (Phi) is 3.90. The average Bonchev–Trinajstić information content (AvgIpc) is 2.77. The molecule has 0 atom stereocenters. The standard InChI is InChI=1S/C12H18N4O/c13-11(17)6-1-2-7-14-12-9-4-3-5-10(9)15-8-16-12/h8H,1-7H2,(H2,13,17)(H,14,15,16). The Morgan fingerprint density at radius 2 is 2.24 bits per heavy atom. The third-order valence-corrected chi connectivity index (χ3v) is 3.02. The lowest BCUT2D eigenvalue weighted by Gasteiger charge is -2.08. The molecule has 0 unspecified atom stereocenters. The Bertz CT molecular complexity index is 405. The number of rotatable bonds is 6. The lowest BCUT2D eigenvalue weighted by molar-refractivity contribution is -0.118. The van der Waals surface area contributed by atoms with Crippen LogP contribution in [0.2, 0.25) is 0 Å². The highest BCUT2D eigenvalue weighted by Gasteiger charge is 2.16. The van der Waals surface area contributed by atoms with E-state index in [0.29, 0.717) is 6.42 Å². The maximum Gasteiger partial charge on any atom is 0.217 e. The zero-order valence-electron chi connectivity index (χ0n) is 9.91. The summed E-state index contributed by atoms with van der Waals surface area (Å²) < 4.78 is 0. The number of amides is 1. The van der Waals surface area contributed by atoms with E-state index in [-0.39, 0.29) is 5.91 Å². The molecule has 1 aliphatic rings. The predicted octanol–water partition coefficient (Wildman–Crippen LogP) is 1.03. The van der Waals surface area contributed by atoms with Gasteiger partial charge in [-0.05, 0) is 32.1 Å². The van der Waals surface area contributed by atoms with E-state index in [1.807, 2.05) is 0 Å². The number of fused-ring (bicyclic) bond motifs is 1. The molecular formula is C12H18N4O. The van der Waals surface area contributed by atoms with Gasteiger partial charge in [-0.25, -0.2) is 9.97 Å². The van der Waals surface area contributed by atoms with E-state index in [9.17, 15) is 4.79 Å². The molecule has 1 aliphatic carbocycles. The van der Waals surface area contributed by atoms with Gasteiger partial charge in [0.15, 0.2) is 0 Å². The third-order valence-electron chi connectivity index (χ3n) is 3.02. The summed E-state index contributed by atoms with van der Waals surface area (Å²) in [5.41, 5.74) is 7.53. The van der Waals surface area contributed by atoms with E-state index in [2.05, 4.69) is 15.3 Å². The summed E-state index contributed by atoms with van der Waals surface area (Å²) in [6, 6.07) is 0. The van der Waals surface area contributed by atoms with Crippen molar-refractivity contribution in [1.29, 1.82) is 0 Å². The lowest BCUT2D eigenvalue weighted by atomic mass is 10.2. The maximum atomic E-state index is 10.6. The van der Waals surface area contributed by atoms with Gasteiger partial charge in [-0.2, -0.15) is 0 Å². The van der Waals surface area contributed by atoms with Crippen LogP contribution in [0.4, 0.5) is 5.82 Å². The largest absolute Gasteiger partial charge is 0.370 e. The number of aryl methyl sites for hydroxylation is 1. The van der Waals surface area contributed by atoms with Gasteiger partial charge in [0, 0.05) is 24.2 Å². The number of aromatic nitrogens is 2. The number of hydrogen-bond donors (Lipinski definition) is 2. The highest BCUT2D eigenvalue weighted by atomic mass is 16.1. The fraction of sp³-hybridized carbons (Fsp3) is 0.583. The van der Waals surface area contributed by atoms with Gasteiger partial charge in [-0.3, -0.25) is 4.79 Å². The second-order valence-corrected chi connectivity index (χ2v) is 4.35. The molecule has 5 heteroatoms. The van der Waals surface area contributed by atoms with Crippen molar-refractivity contribution in [1.82, 2.24) is 9.97 Å². The molecule has 0 aromatic carbocycles. The first-order valence-electron chi connectivity index (χ1n) is 6.12. The molecule has 2 rings (SSSR count). The van der Waals surface area contributed by atoms with Gasteiger partial charge in [0.1, 0.15) is 12.1 Å². The molecular weight excluding hydrogens is 216 g/mol. The molecule has 0 aliphatic heterocycles. The molecule has 1 aromatic rings. The van der Waals surface area contributed by atoms with Crippen LogP contribution in [0.1, 0.15) is 36.9 Å². The van der Waals surface area contributed by atoms with Gasteiger partial charge in [-0.1, -0.05) is 0 Å². The van der Waals surface area contributed by atoms with Crippen LogP contribution in [0.25, 0.3) is 0 Å². The fourth-order valence-electron chi connectivity index (χ4n) is 2.14. The van der Waals surface area contributed by atoms with Gasteiger partial charge >= 0.3 is 0 Å². The minimum absolute atomic E-state index is 0.229. The number of primary amides is 1. The van der Waals surface area contributed by atoms with Crippen LogP contribution in [-0.2, 0) is 17.6 Å². The van der Waals surface area contributed by atoms with Crippen molar-refractivity contribution in [2.45, 2.75) is 38.5 Å². The molecule has 5 nitrogen and oxygen atoms in total. The third kappa shape index (κ3) is 3.15. The van der Waals surface area contributed by atoms with Gasteiger partial charge in [0.2, 0.25) is 5.91 Å². The normalized spacial score (nSPS) is 13.4. The van der Waals surface area contributed by atoms with Crippen LogP contribution in [0.15, 0.2) is 6.33 Å². The number of nitrogens with zero attached hydrogens (tertiary/aromatic N) is 2. The summed E-state index contributed by atoms with van der Waals surface area (Å²) in [5, 5.41) is 3.32. The number of anilines is 1. The molecule has 1 heterocycles. The topological polar surface area (TPSA) is 80.9 Å². The molecule has 0 saturated heterocycles. The van der Waals surface area contributed by atoms with Crippen molar-refractivity contribution in [2.24, 2.45) is 5.73 Å². The maximum absolute atomic E-state index is 10.6. The number of hydrogen-bond acceptors (Lipinski definition) is 4. The van der Waals surface area contributed by atoms with E-state index < -0.39 is 0 Å². The minimum atomic E-state index is -0.229. The van der Waals surface area contributed by atoms with Gasteiger partial charge in [0.25, 0.3) is 0 Å². The first-order chi connectivity index (χ1) is 8.27. The molecule has 0 fully saturated rings. The number of carbonyl (C=O) groups excluding carboxylic acids is 1. The molecule has 0 saturated carbocycles. The Hall–Kier alpha value is -1.65. The average molecular weight is 234 g/mol. The van der Waals surface area contributed by atoms with Crippen molar-refractivity contribution in [3.05, 3.63) is 17.6 Å². The Morgan fingerprint density at radius 1 is 1.35 bits per heavy atom. The van der Waals surface area contributed by atoms with E-state index in [4.69, 9.17) is 5.73 Å². The van der Waals surface area contributed by atoms with Crippen LogP contribution >= 0.6 is 0 Å². The second-order valence-electron chi connectivity index (χ2n) is 4.35. The smallest absolute Gasteiger partial charge is 0.217 e. The number of unbranched alkanes of at least 4 members (excludes halogenated alkanes) is 1. The van der Waals surface area contributed by atoms with Crippen molar-refractivity contribution in [3.8, 4) is 0 Å². The molecule has 3 N–H and O–H groups in total. The SMILES string of the molecule is NC(=O)CCCCNc1ncnc2c1CCC2. The zero-order valence-corrected chi connectivity index (χ0v) is 9.91. The highest BCUT2D eigenvalue weighted by molar-refractivity contribution is 5.73. The van der Waals surface area contributed by atoms with Crippen LogP contribution in [0.5, 0.6) is 0 Å². The summed E-state index contributed by atoms with van der Waals surface area (Å²) in [6.07, 6.45) is 7.15. The number of nitrogens with one attached hydrogen (secondary N) is 1. The van der Waals surface area contributed by atoms with Crippen LogP contribution in [-0.4, -0.2) is 22.4 Å². The number of nitrogens with two attached hydrogens (primary N) is 1. The first-order valence-corrected chi connectivity index (χ1v) is 6.12. The molecule has 0 radical (unpaired) electrons. The molecule has 17 heavy (non-hydrogen) atoms. The first kappa shape index (κ1) is 11.8. The quantitative estimate of drug-likeness (QED) is 0.720. The molecule has 0 bridgehead atoms. The Labute approximate surface area is 101 Å². The summed E-state index contributed by atoms with van der Waals surface area (Å²) >= 11 is 0. The van der Waals surface area contributed by atoms with Crippen molar-refractivity contribution in [3.63, 3.8) is 0 Å². The van der Waals surface area contributed by atoms with E-state index >= 15 is 0 Å². The van der Waals surface area contributed by atoms with Gasteiger partial charge < -0.3 is 11.1 Å².